The van der Waals surface area contributed by atoms with Crippen LogP contribution in [0, 0.1) is 6.92 Å². The van der Waals surface area contributed by atoms with Crippen LogP contribution >= 0.6 is 11.6 Å². The van der Waals surface area contributed by atoms with Crippen molar-refractivity contribution < 1.29 is 0 Å². The minimum atomic E-state index is -0.0832. The number of rotatable bonds is 5. The van der Waals surface area contributed by atoms with Gasteiger partial charge in [-0.25, -0.2) is 4.98 Å². The summed E-state index contributed by atoms with van der Waals surface area (Å²) < 4.78 is 3.80. The average Bonchev–Trinajstić information content (AvgIpc) is 2.93. The van der Waals surface area contributed by atoms with Crippen LogP contribution in [-0.2, 0) is 20.0 Å². The SMILES string of the molecule is CCn1nc(C)c(Cl)c1CC(NN)c1cn(C)cn1. The molecule has 0 saturated heterocycles. The fourth-order valence-corrected chi connectivity index (χ4v) is 2.33. The van der Waals surface area contributed by atoms with Gasteiger partial charge in [0.05, 0.1) is 34.5 Å². The third kappa shape index (κ3) is 2.80. The van der Waals surface area contributed by atoms with E-state index in [1.54, 1.807) is 6.33 Å². The van der Waals surface area contributed by atoms with E-state index in [1.807, 2.05) is 36.3 Å². The molecule has 0 spiro atoms. The zero-order valence-corrected chi connectivity index (χ0v) is 12.1. The molecule has 0 radical (unpaired) electrons. The van der Waals surface area contributed by atoms with Gasteiger partial charge in [-0.1, -0.05) is 11.6 Å². The molecule has 2 heterocycles. The maximum absolute atomic E-state index is 6.31. The van der Waals surface area contributed by atoms with E-state index in [1.165, 1.54) is 0 Å². The van der Waals surface area contributed by atoms with Crippen molar-refractivity contribution in [1.82, 2.24) is 24.8 Å². The third-order valence-corrected chi connectivity index (χ3v) is 3.63. The van der Waals surface area contributed by atoms with Crippen molar-refractivity contribution in [3.8, 4) is 0 Å². The van der Waals surface area contributed by atoms with Crippen molar-refractivity contribution in [3.05, 3.63) is 34.6 Å². The predicted octanol–water partition coefficient (Wildman–Crippen LogP) is 1.35. The van der Waals surface area contributed by atoms with Gasteiger partial charge < -0.3 is 4.57 Å². The summed E-state index contributed by atoms with van der Waals surface area (Å²) >= 11 is 6.31. The zero-order valence-electron chi connectivity index (χ0n) is 11.4. The molecule has 0 aliphatic heterocycles. The lowest BCUT2D eigenvalue weighted by Gasteiger charge is -2.14. The molecule has 0 fully saturated rings. The van der Waals surface area contributed by atoms with Gasteiger partial charge in [-0.15, -0.1) is 0 Å². The highest BCUT2D eigenvalue weighted by Crippen LogP contribution is 2.25. The number of aromatic nitrogens is 4. The average molecular weight is 283 g/mol. The van der Waals surface area contributed by atoms with Crippen LogP contribution in [-0.4, -0.2) is 19.3 Å². The second kappa shape index (κ2) is 5.73. The summed E-state index contributed by atoms with van der Waals surface area (Å²) in [6.45, 7) is 4.73. The predicted molar refractivity (Wildman–Crippen MR) is 74.6 cm³/mol. The Morgan fingerprint density at radius 2 is 2.26 bits per heavy atom. The van der Waals surface area contributed by atoms with Crippen LogP contribution in [0.4, 0.5) is 0 Å². The number of imidazole rings is 1. The van der Waals surface area contributed by atoms with Crippen molar-refractivity contribution in [2.24, 2.45) is 12.9 Å². The summed E-state index contributed by atoms with van der Waals surface area (Å²) in [5.41, 5.74) is 5.51. The molecule has 19 heavy (non-hydrogen) atoms. The second-order valence-electron chi connectivity index (χ2n) is 4.55. The number of hydrogen-bond acceptors (Lipinski definition) is 4. The van der Waals surface area contributed by atoms with Crippen LogP contribution in [0.15, 0.2) is 12.5 Å². The first kappa shape index (κ1) is 14.0. The van der Waals surface area contributed by atoms with Crippen LogP contribution in [0.1, 0.15) is 30.0 Å². The van der Waals surface area contributed by atoms with E-state index in [0.717, 1.165) is 23.6 Å². The van der Waals surface area contributed by atoms with Crippen LogP contribution < -0.4 is 11.3 Å². The second-order valence-corrected chi connectivity index (χ2v) is 4.93. The first-order valence-corrected chi connectivity index (χ1v) is 6.60. The quantitative estimate of drug-likeness (QED) is 0.641. The summed E-state index contributed by atoms with van der Waals surface area (Å²) in [6.07, 6.45) is 4.35. The Labute approximate surface area is 117 Å². The van der Waals surface area contributed by atoms with Gasteiger partial charge in [0.25, 0.3) is 0 Å². The van der Waals surface area contributed by atoms with Crippen LogP contribution in [0.2, 0.25) is 5.02 Å². The minimum absolute atomic E-state index is 0.0832. The number of nitrogens with zero attached hydrogens (tertiary/aromatic N) is 4. The molecule has 7 heteroatoms. The minimum Gasteiger partial charge on any atom is -0.340 e. The molecule has 1 atom stereocenters. The maximum atomic E-state index is 6.31. The van der Waals surface area contributed by atoms with E-state index in [4.69, 9.17) is 17.4 Å². The Hall–Kier alpha value is -1.37. The fourth-order valence-electron chi connectivity index (χ4n) is 2.12. The Balaban J connectivity index is 2.28. The number of aryl methyl sites for hydroxylation is 3. The normalized spacial score (nSPS) is 12.9. The molecule has 2 aromatic rings. The van der Waals surface area contributed by atoms with Crippen molar-refractivity contribution in [3.63, 3.8) is 0 Å². The van der Waals surface area contributed by atoms with E-state index in [2.05, 4.69) is 15.5 Å². The van der Waals surface area contributed by atoms with Crippen LogP contribution in [0.25, 0.3) is 0 Å². The molecule has 2 rings (SSSR count). The fraction of sp³-hybridized carbons (Fsp3) is 0.500. The van der Waals surface area contributed by atoms with Gasteiger partial charge in [0.1, 0.15) is 0 Å². The van der Waals surface area contributed by atoms with E-state index in [0.29, 0.717) is 11.4 Å². The number of nitrogens with one attached hydrogen (secondary N) is 1. The molecule has 0 bridgehead atoms. The first-order chi connectivity index (χ1) is 9.06. The largest absolute Gasteiger partial charge is 0.340 e. The van der Waals surface area contributed by atoms with E-state index < -0.39 is 0 Å². The highest BCUT2D eigenvalue weighted by atomic mass is 35.5. The third-order valence-electron chi connectivity index (χ3n) is 3.13. The van der Waals surface area contributed by atoms with Gasteiger partial charge in [0, 0.05) is 26.2 Å². The molecule has 104 valence electrons. The van der Waals surface area contributed by atoms with Gasteiger partial charge in [0.15, 0.2) is 0 Å². The first-order valence-electron chi connectivity index (χ1n) is 6.22. The summed E-state index contributed by atoms with van der Waals surface area (Å²) in [5.74, 6) is 5.64. The highest BCUT2D eigenvalue weighted by Gasteiger charge is 2.19. The highest BCUT2D eigenvalue weighted by molar-refractivity contribution is 6.31. The lowest BCUT2D eigenvalue weighted by atomic mass is 10.1. The van der Waals surface area contributed by atoms with E-state index in [-0.39, 0.29) is 6.04 Å². The Kier molecular flexibility index (Phi) is 4.24. The maximum Gasteiger partial charge on any atom is 0.0947 e. The summed E-state index contributed by atoms with van der Waals surface area (Å²) in [7, 11) is 1.93. The topological polar surface area (TPSA) is 73.7 Å². The molecule has 0 aromatic carbocycles. The molecule has 3 N–H and O–H groups in total. The van der Waals surface area contributed by atoms with Crippen molar-refractivity contribution >= 4 is 11.6 Å². The molecular formula is C12H19ClN6. The molecule has 0 saturated carbocycles. The number of hydrogen-bond donors (Lipinski definition) is 2. The summed E-state index contributed by atoms with van der Waals surface area (Å²) in [4.78, 5) is 4.32. The van der Waals surface area contributed by atoms with Gasteiger partial charge in [-0.2, -0.15) is 5.10 Å². The van der Waals surface area contributed by atoms with Gasteiger partial charge in [-0.3, -0.25) is 16.0 Å². The van der Waals surface area contributed by atoms with Crippen molar-refractivity contribution in [2.45, 2.75) is 32.9 Å². The lowest BCUT2D eigenvalue weighted by Crippen LogP contribution is -2.30. The Morgan fingerprint density at radius 1 is 1.53 bits per heavy atom. The Morgan fingerprint density at radius 3 is 2.79 bits per heavy atom. The molecule has 0 amide bonds. The molecule has 1 unspecified atom stereocenters. The standard InChI is InChI=1S/C12H19ClN6/c1-4-19-11(12(13)8(2)17-19)5-9(16-14)10-6-18(3)7-15-10/h6-7,9,16H,4-5,14H2,1-3H3. The van der Waals surface area contributed by atoms with Crippen molar-refractivity contribution in [2.75, 3.05) is 0 Å². The molecule has 6 nitrogen and oxygen atoms in total. The molecule has 0 aliphatic carbocycles. The van der Waals surface area contributed by atoms with Crippen LogP contribution in [0.5, 0.6) is 0 Å². The summed E-state index contributed by atoms with van der Waals surface area (Å²) in [6, 6.07) is -0.0832. The number of nitrogens with two attached hydrogens (primary N) is 1. The molecule has 0 aliphatic rings. The number of halogens is 1. The zero-order chi connectivity index (χ0) is 14.0. The lowest BCUT2D eigenvalue weighted by molar-refractivity contribution is 0.508. The number of hydrazine groups is 1. The van der Waals surface area contributed by atoms with E-state index >= 15 is 0 Å². The monoisotopic (exact) mass is 282 g/mol. The van der Waals surface area contributed by atoms with E-state index in [9.17, 15) is 0 Å². The molecule has 2 aromatic heterocycles. The summed E-state index contributed by atoms with van der Waals surface area (Å²) in [5, 5.41) is 5.11. The Bertz CT molecular complexity index is 559. The van der Waals surface area contributed by atoms with Crippen molar-refractivity contribution in [1.29, 1.82) is 0 Å². The van der Waals surface area contributed by atoms with Gasteiger partial charge >= 0.3 is 0 Å². The van der Waals surface area contributed by atoms with Gasteiger partial charge in [0.2, 0.25) is 0 Å². The smallest absolute Gasteiger partial charge is 0.0947 e. The van der Waals surface area contributed by atoms with Crippen LogP contribution in [0.3, 0.4) is 0 Å². The van der Waals surface area contributed by atoms with Gasteiger partial charge in [-0.05, 0) is 13.8 Å². The molecular weight excluding hydrogens is 264 g/mol.